The quantitative estimate of drug-likeness (QED) is 0.423. The number of aromatic nitrogens is 1. The lowest BCUT2D eigenvalue weighted by Crippen LogP contribution is -1.97. The standard InChI is InChI=1S/C8H8FN3/c9-8-4-3-6(11)7(12-8)2-1-5-10/h3-4H,5,10-11H2. The number of nitrogen functional groups attached to an aromatic ring is 1. The normalized spacial score (nSPS) is 8.83. The lowest BCUT2D eigenvalue weighted by molar-refractivity contribution is 0.583. The predicted molar refractivity (Wildman–Crippen MR) is 44.5 cm³/mol. The highest BCUT2D eigenvalue weighted by Crippen LogP contribution is 2.06. The average molecular weight is 165 g/mol. The zero-order chi connectivity index (χ0) is 8.97. The third-order valence-electron chi connectivity index (χ3n) is 1.20. The molecule has 4 heteroatoms. The number of rotatable bonds is 0. The van der Waals surface area contributed by atoms with E-state index in [-0.39, 0.29) is 12.2 Å². The number of hydrogen-bond acceptors (Lipinski definition) is 3. The van der Waals surface area contributed by atoms with Gasteiger partial charge in [0.15, 0.2) is 0 Å². The van der Waals surface area contributed by atoms with Gasteiger partial charge in [-0.3, -0.25) is 0 Å². The number of anilines is 1. The fraction of sp³-hybridized carbons (Fsp3) is 0.125. The van der Waals surface area contributed by atoms with Gasteiger partial charge in [0.1, 0.15) is 5.69 Å². The first kappa shape index (κ1) is 8.50. The van der Waals surface area contributed by atoms with Crippen LogP contribution in [0.3, 0.4) is 0 Å². The number of nitrogens with two attached hydrogens (primary N) is 2. The van der Waals surface area contributed by atoms with Crippen molar-refractivity contribution in [3.05, 3.63) is 23.8 Å². The van der Waals surface area contributed by atoms with Crippen molar-refractivity contribution in [1.29, 1.82) is 0 Å². The molecule has 3 nitrogen and oxygen atoms in total. The molecular formula is C8H8FN3. The Morgan fingerprint density at radius 2 is 2.25 bits per heavy atom. The van der Waals surface area contributed by atoms with Gasteiger partial charge in [0, 0.05) is 0 Å². The van der Waals surface area contributed by atoms with Gasteiger partial charge in [-0.05, 0) is 18.1 Å². The molecule has 0 atom stereocenters. The van der Waals surface area contributed by atoms with Gasteiger partial charge in [-0.25, -0.2) is 4.98 Å². The Balaban J connectivity index is 3.05. The van der Waals surface area contributed by atoms with E-state index in [2.05, 4.69) is 16.8 Å². The summed E-state index contributed by atoms with van der Waals surface area (Å²) in [6.45, 7) is 0.206. The highest BCUT2D eigenvalue weighted by molar-refractivity contribution is 5.51. The molecule has 0 aliphatic rings. The molecule has 0 bridgehead atoms. The molecule has 0 spiro atoms. The summed E-state index contributed by atoms with van der Waals surface area (Å²) in [5, 5.41) is 0. The first-order chi connectivity index (χ1) is 5.74. The Hall–Kier alpha value is -1.60. The maximum Gasteiger partial charge on any atom is 0.214 e. The average Bonchev–Trinajstić information content (AvgIpc) is 2.07. The molecule has 0 aromatic carbocycles. The predicted octanol–water partition coefficient (Wildman–Crippen LogP) is 0.113. The first-order valence-electron chi connectivity index (χ1n) is 3.35. The van der Waals surface area contributed by atoms with Gasteiger partial charge >= 0.3 is 0 Å². The Kier molecular flexibility index (Phi) is 2.62. The molecule has 0 saturated carbocycles. The van der Waals surface area contributed by atoms with Crippen LogP contribution in [-0.2, 0) is 0 Å². The second kappa shape index (κ2) is 3.69. The van der Waals surface area contributed by atoms with Crippen LogP contribution >= 0.6 is 0 Å². The van der Waals surface area contributed by atoms with Crippen LogP contribution in [0.4, 0.5) is 10.1 Å². The molecule has 62 valence electrons. The summed E-state index contributed by atoms with van der Waals surface area (Å²) in [5.74, 6) is 4.51. The van der Waals surface area contributed by atoms with Gasteiger partial charge in [0.05, 0.1) is 12.2 Å². The summed E-state index contributed by atoms with van der Waals surface area (Å²) in [4.78, 5) is 3.49. The Morgan fingerprint density at radius 1 is 1.50 bits per heavy atom. The van der Waals surface area contributed by atoms with Gasteiger partial charge < -0.3 is 11.5 Å². The van der Waals surface area contributed by atoms with Crippen LogP contribution in [0.5, 0.6) is 0 Å². The molecule has 0 unspecified atom stereocenters. The van der Waals surface area contributed by atoms with Crippen molar-refractivity contribution in [2.75, 3.05) is 12.3 Å². The van der Waals surface area contributed by atoms with E-state index >= 15 is 0 Å². The van der Waals surface area contributed by atoms with E-state index in [4.69, 9.17) is 11.5 Å². The van der Waals surface area contributed by atoms with Crippen molar-refractivity contribution >= 4 is 5.69 Å². The number of hydrogen-bond donors (Lipinski definition) is 2. The SMILES string of the molecule is NCC#Cc1nc(F)ccc1N. The summed E-state index contributed by atoms with van der Waals surface area (Å²) in [6.07, 6.45) is 0. The van der Waals surface area contributed by atoms with Gasteiger partial charge in [-0.15, -0.1) is 0 Å². The van der Waals surface area contributed by atoms with Crippen LogP contribution in [0.2, 0.25) is 0 Å². The highest BCUT2D eigenvalue weighted by Gasteiger charge is 1.97. The minimum atomic E-state index is -0.592. The Morgan fingerprint density at radius 3 is 2.92 bits per heavy atom. The van der Waals surface area contributed by atoms with Crippen molar-refractivity contribution in [3.63, 3.8) is 0 Å². The summed E-state index contributed by atoms with van der Waals surface area (Å²) < 4.78 is 12.5. The molecule has 12 heavy (non-hydrogen) atoms. The lowest BCUT2D eigenvalue weighted by atomic mass is 10.3. The van der Waals surface area contributed by atoms with E-state index in [0.29, 0.717) is 5.69 Å². The molecule has 1 aromatic heterocycles. The maximum atomic E-state index is 12.5. The van der Waals surface area contributed by atoms with Crippen LogP contribution in [0.25, 0.3) is 0 Å². The Labute approximate surface area is 69.6 Å². The van der Waals surface area contributed by atoms with Crippen LogP contribution in [0, 0.1) is 17.8 Å². The molecule has 0 amide bonds. The molecule has 1 aromatic rings. The molecule has 0 aliphatic heterocycles. The molecular weight excluding hydrogens is 157 g/mol. The first-order valence-corrected chi connectivity index (χ1v) is 3.35. The van der Waals surface area contributed by atoms with Crippen LogP contribution in [0.1, 0.15) is 5.69 Å². The summed E-state index contributed by atoms with van der Waals surface area (Å²) in [5.41, 5.74) is 11.2. The monoisotopic (exact) mass is 165 g/mol. The van der Waals surface area contributed by atoms with E-state index in [1.807, 2.05) is 0 Å². The van der Waals surface area contributed by atoms with E-state index < -0.39 is 5.95 Å². The van der Waals surface area contributed by atoms with E-state index in [9.17, 15) is 4.39 Å². The van der Waals surface area contributed by atoms with Crippen LogP contribution in [-0.4, -0.2) is 11.5 Å². The third kappa shape index (κ3) is 1.94. The number of halogens is 1. The maximum absolute atomic E-state index is 12.5. The highest BCUT2D eigenvalue weighted by atomic mass is 19.1. The van der Waals surface area contributed by atoms with Crippen LogP contribution < -0.4 is 11.5 Å². The second-order valence-electron chi connectivity index (χ2n) is 2.08. The zero-order valence-corrected chi connectivity index (χ0v) is 6.34. The summed E-state index contributed by atoms with van der Waals surface area (Å²) in [7, 11) is 0. The van der Waals surface area contributed by atoms with Gasteiger partial charge in [0.25, 0.3) is 0 Å². The molecule has 0 fully saturated rings. The van der Waals surface area contributed by atoms with Crippen molar-refractivity contribution in [2.45, 2.75) is 0 Å². The fourth-order valence-electron chi connectivity index (χ4n) is 0.681. The molecule has 4 N–H and O–H groups in total. The Bertz CT molecular complexity index is 338. The van der Waals surface area contributed by atoms with Gasteiger partial charge in [0.2, 0.25) is 5.95 Å². The summed E-state index contributed by atoms with van der Waals surface area (Å²) >= 11 is 0. The van der Waals surface area contributed by atoms with E-state index in [0.717, 1.165) is 0 Å². The molecule has 1 heterocycles. The lowest BCUT2D eigenvalue weighted by Gasteiger charge is -1.95. The van der Waals surface area contributed by atoms with E-state index in [1.54, 1.807) is 0 Å². The van der Waals surface area contributed by atoms with Gasteiger partial charge in [-0.2, -0.15) is 4.39 Å². The molecule has 0 aliphatic carbocycles. The second-order valence-corrected chi connectivity index (χ2v) is 2.08. The minimum Gasteiger partial charge on any atom is -0.396 e. The van der Waals surface area contributed by atoms with Crippen molar-refractivity contribution < 1.29 is 4.39 Å². The smallest absolute Gasteiger partial charge is 0.214 e. The largest absolute Gasteiger partial charge is 0.396 e. The van der Waals surface area contributed by atoms with Crippen molar-refractivity contribution in [1.82, 2.24) is 4.98 Å². The van der Waals surface area contributed by atoms with Crippen molar-refractivity contribution in [3.8, 4) is 11.8 Å². The molecule has 0 saturated heterocycles. The molecule has 1 rings (SSSR count). The van der Waals surface area contributed by atoms with Crippen LogP contribution in [0.15, 0.2) is 12.1 Å². The van der Waals surface area contributed by atoms with E-state index in [1.165, 1.54) is 12.1 Å². The number of pyridine rings is 1. The minimum absolute atomic E-state index is 0.206. The molecule has 0 radical (unpaired) electrons. The summed E-state index contributed by atoms with van der Waals surface area (Å²) in [6, 6.07) is 2.60. The third-order valence-corrected chi connectivity index (χ3v) is 1.20. The van der Waals surface area contributed by atoms with Crippen molar-refractivity contribution in [2.24, 2.45) is 5.73 Å². The number of nitrogens with zero attached hydrogens (tertiary/aromatic N) is 1. The fourth-order valence-corrected chi connectivity index (χ4v) is 0.681. The van der Waals surface area contributed by atoms with Gasteiger partial charge in [-0.1, -0.05) is 5.92 Å². The zero-order valence-electron chi connectivity index (χ0n) is 6.34. The topological polar surface area (TPSA) is 64.9 Å².